The van der Waals surface area contributed by atoms with Gasteiger partial charge in [0.25, 0.3) is 17.0 Å². The predicted octanol–water partition coefficient (Wildman–Crippen LogP) is 2.35. The Balaban J connectivity index is 1.69. The van der Waals surface area contributed by atoms with Crippen LogP contribution in [0.5, 0.6) is 0 Å². The van der Waals surface area contributed by atoms with Gasteiger partial charge in [0.05, 0.1) is 11.7 Å². The summed E-state index contributed by atoms with van der Waals surface area (Å²) >= 11 is 1.56. The van der Waals surface area contributed by atoms with E-state index in [1.165, 1.54) is 12.1 Å². The standard InChI is InChI=1S/C19H18N4O3S/c24-16-7-8-17(25)23(21-16)14-5-3-4-13(12-14)19(26)22-10-2-1-6-15(22)18-20-9-11-27-18/h3-5,7-9,11-12,15H,1-2,6,10H2,(H,21,24). The Morgan fingerprint density at radius 2 is 2.07 bits per heavy atom. The van der Waals surface area contributed by atoms with E-state index in [4.69, 9.17) is 0 Å². The minimum absolute atomic E-state index is 0.0193. The first-order chi connectivity index (χ1) is 13.1. The fourth-order valence-corrected chi connectivity index (χ4v) is 4.18. The van der Waals surface area contributed by atoms with Gasteiger partial charge in [0.1, 0.15) is 5.01 Å². The minimum Gasteiger partial charge on any atom is -0.329 e. The molecular formula is C19H18N4O3S. The number of nitrogens with one attached hydrogen (secondary N) is 1. The molecule has 1 aliphatic rings. The summed E-state index contributed by atoms with van der Waals surface area (Å²) < 4.78 is 1.15. The highest BCUT2D eigenvalue weighted by Gasteiger charge is 2.30. The molecule has 1 amide bonds. The Kier molecular flexibility index (Phi) is 4.72. The third-order valence-corrected chi connectivity index (χ3v) is 5.55. The average molecular weight is 382 g/mol. The fraction of sp³-hybridized carbons (Fsp3) is 0.263. The summed E-state index contributed by atoms with van der Waals surface area (Å²) in [4.78, 5) is 43.0. The molecule has 1 unspecified atom stereocenters. The molecular weight excluding hydrogens is 364 g/mol. The molecule has 7 nitrogen and oxygen atoms in total. The Morgan fingerprint density at radius 3 is 2.89 bits per heavy atom. The Morgan fingerprint density at radius 1 is 1.19 bits per heavy atom. The van der Waals surface area contributed by atoms with Crippen LogP contribution in [0.3, 0.4) is 0 Å². The van der Waals surface area contributed by atoms with E-state index in [1.807, 2.05) is 10.3 Å². The molecule has 0 aliphatic carbocycles. The van der Waals surface area contributed by atoms with Crippen LogP contribution in [0.4, 0.5) is 0 Å². The molecule has 0 radical (unpaired) electrons. The highest BCUT2D eigenvalue weighted by Crippen LogP contribution is 2.33. The molecule has 138 valence electrons. The SMILES string of the molecule is O=C(c1cccc(-n2[nH]c(=O)ccc2=O)c1)N1CCCCC1c1nccs1. The van der Waals surface area contributed by atoms with Crippen molar-refractivity contribution >= 4 is 17.2 Å². The van der Waals surface area contributed by atoms with Gasteiger partial charge >= 0.3 is 0 Å². The van der Waals surface area contributed by atoms with Crippen LogP contribution < -0.4 is 11.1 Å². The third-order valence-electron chi connectivity index (χ3n) is 4.67. The van der Waals surface area contributed by atoms with Gasteiger partial charge in [-0.3, -0.25) is 19.5 Å². The number of amides is 1. The molecule has 3 aromatic rings. The van der Waals surface area contributed by atoms with Gasteiger partial charge in [-0.1, -0.05) is 6.07 Å². The second-order valence-corrected chi connectivity index (χ2v) is 7.34. The summed E-state index contributed by atoms with van der Waals surface area (Å²) in [7, 11) is 0. The van der Waals surface area contributed by atoms with Gasteiger partial charge in [0.2, 0.25) is 0 Å². The van der Waals surface area contributed by atoms with Crippen molar-refractivity contribution < 1.29 is 4.79 Å². The molecule has 2 aromatic heterocycles. The minimum atomic E-state index is -0.383. The van der Waals surface area contributed by atoms with Crippen molar-refractivity contribution in [2.45, 2.75) is 25.3 Å². The number of piperidine rings is 1. The third kappa shape index (κ3) is 3.48. The summed E-state index contributed by atoms with van der Waals surface area (Å²) in [6.45, 7) is 0.676. The molecule has 1 fully saturated rings. The highest BCUT2D eigenvalue weighted by atomic mass is 32.1. The lowest BCUT2D eigenvalue weighted by molar-refractivity contribution is 0.0611. The van der Waals surface area contributed by atoms with Crippen molar-refractivity contribution in [2.75, 3.05) is 6.54 Å². The number of hydrogen-bond acceptors (Lipinski definition) is 5. The largest absolute Gasteiger partial charge is 0.329 e. The van der Waals surface area contributed by atoms with Gasteiger partial charge in [-0.15, -0.1) is 11.3 Å². The van der Waals surface area contributed by atoms with E-state index < -0.39 is 0 Å². The number of carbonyl (C=O) groups is 1. The molecule has 4 rings (SSSR count). The second-order valence-electron chi connectivity index (χ2n) is 6.41. The number of rotatable bonds is 3. The van der Waals surface area contributed by atoms with Gasteiger partial charge in [-0.05, 0) is 37.5 Å². The lowest BCUT2D eigenvalue weighted by atomic mass is 10.0. The van der Waals surface area contributed by atoms with Crippen molar-refractivity contribution in [3.63, 3.8) is 0 Å². The van der Waals surface area contributed by atoms with Gasteiger partial charge < -0.3 is 4.90 Å². The van der Waals surface area contributed by atoms with Crippen LogP contribution in [0.1, 0.15) is 40.7 Å². The molecule has 1 aromatic carbocycles. The van der Waals surface area contributed by atoms with E-state index >= 15 is 0 Å². The van der Waals surface area contributed by atoms with Gasteiger partial charge in [-0.25, -0.2) is 9.67 Å². The number of thiazole rings is 1. The first-order valence-corrected chi connectivity index (χ1v) is 9.64. The van der Waals surface area contributed by atoms with Crippen molar-refractivity contribution in [3.05, 3.63) is 79.3 Å². The Labute approximate surface area is 158 Å². The summed E-state index contributed by atoms with van der Waals surface area (Å²) in [5.41, 5.74) is 0.183. The molecule has 8 heteroatoms. The number of nitrogens with zero attached hydrogens (tertiary/aromatic N) is 3. The van der Waals surface area contributed by atoms with Crippen molar-refractivity contribution in [1.29, 1.82) is 0 Å². The highest BCUT2D eigenvalue weighted by molar-refractivity contribution is 7.09. The molecule has 3 heterocycles. The monoisotopic (exact) mass is 382 g/mol. The van der Waals surface area contributed by atoms with Crippen molar-refractivity contribution in [2.24, 2.45) is 0 Å². The zero-order chi connectivity index (χ0) is 18.8. The lowest BCUT2D eigenvalue weighted by Gasteiger charge is -2.34. The maximum atomic E-state index is 13.2. The number of likely N-dealkylation sites (tertiary alicyclic amines) is 1. The number of carbonyl (C=O) groups excluding carboxylic acids is 1. The van der Waals surface area contributed by atoms with Crippen LogP contribution >= 0.6 is 11.3 Å². The van der Waals surface area contributed by atoms with E-state index in [0.717, 1.165) is 29.0 Å². The number of H-pyrrole nitrogens is 1. The summed E-state index contributed by atoms with van der Waals surface area (Å²) in [5.74, 6) is -0.0944. The number of aromatic amines is 1. The number of benzene rings is 1. The quantitative estimate of drug-likeness (QED) is 0.753. The summed E-state index contributed by atoms with van der Waals surface area (Å²) in [6, 6.07) is 9.12. The van der Waals surface area contributed by atoms with E-state index in [2.05, 4.69) is 10.1 Å². The van der Waals surface area contributed by atoms with Crippen molar-refractivity contribution in [3.8, 4) is 5.69 Å². The van der Waals surface area contributed by atoms with Crippen LogP contribution in [0.2, 0.25) is 0 Å². The van der Waals surface area contributed by atoms with Gasteiger partial charge in [0, 0.05) is 35.8 Å². The molecule has 1 N–H and O–H groups in total. The van der Waals surface area contributed by atoms with Crippen LogP contribution in [-0.2, 0) is 0 Å². The van der Waals surface area contributed by atoms with Crippen LogP contribution in [0, 0.1) is 0 Å². The molecule has 1 aliphatic heterocycles. The first-order valence-electron chi connectivity index (χ1n) is 8.77. The zero-order valence-corrected chi connectivity index (χ0v) is 15.3. The van der Waals surface area contributed by atoms with E-state index in [-0.39, 0.29) is 23.1 Å². The lowest BCUT2D eigenvalue weighted by Crippen LogP contribution is -2.38. The molecule has 0 bridgehead atoms. The van der Waals surface area contributed by atoms with Crippen LogP contribution in [-0.4, -0.2) is 32.1 Å². The molecule has 1 saturated heterocycles. The van der Waals surface area contributed by atoms with E-state index in [1.54, 1.807) is 41.8 Å². The molecule has 27 heavy (non-hydrogen) atoms. The number of hydrogen-bond donors (Lipinski definition) is 1. The molecule has 1 atom stereocenters. The van der Waals surface area contributed by atoms with Crippen molar-refractivity contribution in [1.82, 2.24) is 19.7 Å². The Bertz CT molecular complexity index is 1070. The molecule has 0 saturated carbocycles. The van der Waals surface area contributed by atoms with E-state index in [0.29, 0.717) is 17.8 Å². The van der Waals surface area contributed by atoms with Crippen LogP contribution in [0.15, 0.2) is 57.6 Å². The summed E-state index contributed by atoms with van der Waals surface area (Å²) in [5, 5.41) is 5.35. The number of aromatic nitrogens is 3. The summed E-state index contributed by atoms with van der Waals surface area (Å²) in [6.07, 6.45) is 4.67. The predicted molar refractivity (Wildman–Crippen MR) is 102 cm³/mol. The second kappa shape index (κ2) is 7.32. The van der Waals surface area contributed by atoms with Gasteiger partial charge in [0.15, 0.2) is 0 Å². The maximum Gasteiger partial charge on any atom is 0.269 e. The zero-order valence-electron chi connectivity index (χ0n) is 14.5. The first kappa shape index (κ1) is 17.4. The smallest absolute Gasteiger partial charge is 0.269 e. The van der Waals surface area contributed by atoms with Crippen LogP contribution in [0.25, 0.3) is 5.69 Å². The normalized spacial score (nSPS) is 17.0. The topological polar surface area (TPSA) is 88.1 Å². The molecule has 0 spiro atoms. The van der Waals surface area contributed by atoms with Gasteiger partial charge in [-0.2, -0.15) is 0 Å². The maximum absolute atomic E-state index is 13.2. The van der Waals surface area contributed by atoms with E-state index in [9.17, 15) is 14.4 Å². The average Bonchev–Trinajstić information content (AvgIpc) is 3.24. The Hall–Kier alpha value is -3.00. The fourth-order valence-electron chi connectivity index (χ4n) is 3.39.